The lowest BCUT2D eigenvalue weighted by atomic mass is 9.83. The molecule has 2 atom stereocenters. The number of nitrogens with two attached hydrogens (primary N) is 1. The van der Waals surface area contributed by atoms with Gasteiger partial charge < -0.3 is 5.73 Å². The minimum atomic E-state index is -4.15. The van der Waals surface area contributed by atoms with Gasteiger partial charge in [0.25, 0.3) is 10.0 Å². The number of nitrogen functional groups attached to an aromatic ring is 1. The summed E-state index contributed by atoms with van der Waals surface area (Å²) in [4.78, 5) is 16.6. The summed E-state index contributed by atoms with van der Waals surface area (Å²) in [5.41, 5.74) is 5.74. The lowest BCUT2D eigenvalue weighted by molar-refractivity contribution is -0.145. The largest absolute Gasteiger partial charge is 0.399 e. The molecule has 2 rings (SSSR count). The Morgan fingerprint density at radius 2 is 1.61 bits per heavy atom. The molecule has 0 aliphatic rings. The minimum absolute atomic E-state index is 0.0453. The fraction of sp³-hybridized carbons (Fsp3) is 0.500. The molecule has 1 amide bonds. The van der Waals surface area contributed by atoms with Gasteiger partial charge in [-0.3, -0.25) is 9.80 Å². The van der Waals surface area contributed by atoms with Gasteiger partial charge in [-0.2, -0.15) is 0 Å². The fourth-order valence-corrected chi connectivity index (χ4v) is 6.65. The van der Waals surface area contributed by atoms with E-state index in [4.69, 9.17) is 5.73 Å². The van der Waals surface area contributed by atoms with Gasteiger partial charge in [-0.05, 0) is 68.4 Å². The molecule has 0 aliphatic heterocycles. The molecule has 200 valence electrons. The maximum absolute atomic E-state index is 14.1. The zero-order chi connectivity index (χ0) is 27.1. The van der Waals surface area contributed by atoms with Gasteiger partial charge in [-0.1, -0.05) is 51.1 Å². The van der Waals surface area contributed by atoms with Crippen molar-refractivity contribution in [1.82, 2.24) is 9.84 Å². The number of hydrogen-bond acceptors (Lipinski definition) is 6. The van der Waals surface area contributed by atoms with Crippen LogP contribution in [0.5, 0.6) is 0 Å². The normalized spacial score (nSPS) is 14.8. The highest BCUT2D eigenvalue weighted by atomic mass is 32.2. The van der Waals surface area contributed by atoms with E-state index in [9.17, 15) is 21.6 Å². The van der Waals surface area contributed by atoms with Crippen LogP contribution in [0.3, 0.4) is 0 Å². The number of carbonyl (C=O) groups is 1. The molecule has 0 spiro atoms. The molecule has 0 bridgehead atoms. The first kappa shape index (κ1) is 29.8. The number of nitrogens with zero attached hydrogens (tertiary/aromatic N) is 1. The van der Waals surface area contributed by atoms with E-state index >= 15 is 0 Å². The lowest BCUT2D eigenvalue weighted by Crippen LogP contribution is -2.58. The Bertz CT molecular complexity index is 1210. The van der Waals surface area contributed by atoms with Crippen LogP contribution in [0.15, 0.2) is 59.5 Å². The Kier molecular flexibility index (Phi) is 10.1. The van der Waals surface area contributed by atoms with Crippen molar-refractivity contribution in [2.24, 2.45) is 11.3 Å². The number of nitrogens with one attached hydrogen (secondary N) is 1. The van der Waals surface area contributed by atoms with Crippen molar-refractivity contribution in [2.75, 3.05) is 17.7 Å². The van der Waals surface area contributed by atoms with Crippen LogP contribution in [-0.2, 0) is 31.1 Å². The van der Waals surface area contributed by atoms with Crippen LogP contribution in [0, 0.1) is 11.3 Å². The summed E-state index contributed by atoms with van der Waals surface area (Å²) in [5, 5.41) is 1.14. The van der Waals surface area contributed by atoms with Crippen LogP contribution >= 0.6 is 0 Å². The molecule has 0 aliphatic carbocycles. The number of sulfone groups is 1. The number of carbonyl (C=O) groups excluding carboxylic acids is 1. The van der Waals surface area contributed by atoms with Crippen molar-refractivity contribution < 1.29 is 21.6 Å². The predicted octanol–water partition coefficient (Wildman–Crippen LogP) is 3.80. The molecule has 36 heavy (non-hydrogen) atoms. The highest BCUT2D eigenvalue weighted by Gasteiger charge is 2.42. The molecule has 2 unspecified atom stereocenters. The number of sulfonamides is 1. The number of hydrogen-bond donors (Lipinski definition) is 2. The number of hydrazine groups is 1. The Balaban J connectivity index is 2.56. The average molecular weight is 538 g/mol. The lowest BCUT2D eigenvalue weighted by Gasteiger charge is -2.38. The molecule has 3 N–H and O–H groups in total. The van der Waals surface area contributed by atoms with Crippen molar-refractivity contribution in [2.45, 2.75) is 64.3 Å². The quantitative estimate of drug-likeness (QED) is 0.296. The summed E-state index contributed by atoms with van der Waals surface area (Å²) >= 11 is 0. The van der Waals surface area contributed by atoms with E-state index in [0.29, 0.717) is 31.4 Å². The van der Waals surface area contributed by atoms with Crippen LogP contribution < -0.4 is 10.6 Å². The zero-order valence-electron chi connectivity index (χ0n) is 21.8. The number of benzene rings is 2. The summed E-state index contributed by atoms with van der Waals surface area (Å²) in [6.07, 6.45) is 2.86. The third-order valence-corrected chi connectivity index (χ3v) is 8.64. The molecule has 0 saturated heterocycles. The summed E-state index contributed by atoms with van der Waals surface area (Å²) < 4.78 is 51.4. The van der Waals surface area contributed by atoms with Gasteiger partial charge in [-0.15, -0.1) is 4.83 Å². The average Bonchev–Trinajstić information content (AvgIpc) is 2.79. The second-order valence-corrected chi connectivity index (χ2v) is 14.0. The van der Waals surface area contributed by atoms with Crippen molar-refractivity contribution in [1.29, 1.82) is 0 Å². The van der Waals surface area contributed by atoms with Gasteiger partial charge in [-0.25, -0.2) is 16.8 Å². The van der Waals surface area contributed by atoms with Gasteiger partial charge >= 0.3 is 0 Å². The standard InChI is InChI=1S/C26H39N3O5S2/c1-6-23(18-21-10-8-7-9-11-21)29(28-36(33,34)24-14-12-22(27)13-15-24)25(30)26(4,17-16-20(2)3)19-35(5,31)32/h7-15,20,23,28H,6,16-19,27H2,1-5H3. The number of rotatable bonds is 13. The first-order valence-electron chi connectivity index (χ1n) is 12.1. The second-order valence-electron chi connectivity index (χ2n) is 10.2. The third kappa shape index (κ3) is 8.60. The van der Waals surface area contributed by atoms with Gasteiger partial charge in [0.05, 0.1) is 22.1 Å². The van der Waals surface area contributed by atoms with Crippen LogP contribution in [-0.4, -0.2) is 45.8 Å². The van der Waals surface area contributed by atoms with E-state index in [-0.39, 0.29) is 16.6 Å². The Morgan fingerprint density at radius 3 is 2.11 bits per heavy atom. The SMILES string of the molecule is CCC(Cc1ccccc1)N(NS(=O)(=O)c1ccc(N)cc1)C(=O)C(C)(CCC(C)C)CS(C)(=O)=O. The number of amides is 1. The highest BCUT2D eigenvalue weighted by Crippen LogP contribution is 2.31. The van der Waals surface area contributed by atoms with E-state index in [1.54, 1.807) is 6.92 Å². The maximum Gasteiger partial charge on any atom is 0.257 e. The maximum atomic E-state index is 14.1. The molecular formula is C26H39N3O5S2. The molecule has 8 nitrogen and oxygen atoms in total. The van der Waals surface area contributed by atoms with E-state index in [2.05, 4.69) is 4.83 Å². The summed E-state index contributed by atoms with van der Waals surface area (Å²) in [6.45, 7) is 7.47. The number of anilines is 1. The molecule has 0 radical (unpaired) electrons. The topological polar surface area (TPSA) is 127 Å². The van der Waals surface area contributed by atoms with Crippen LogP contribution in [0.4, 0.5) is 5.69 Å². The molecule has 10 heteroatoms. The molecule has 2 aromatic rings. The summed E-state index contributed by atoms with van der Waals surface area (Å²) in [6, 6.07) is 14.6. The predicted molar refractivity (Wildman–Crippen MR) is 144 cm³/mol. The Labute approximate surface area is 216 Å². The van der Waals surface area contributed by atoms with E-state index < -0.39 is 37.2 Å². The van der Waals surface area contributed by atoms with Crippen LogP contribution in [0.25, 0.3) is 0 Å². The minimum Gasteiger partial charge on any atom is -0.399 e. The van der Waals surface area contributed by atoms with Crippen molar-refractivity contribution in [3.05, 3.63) is 60.2 Å². The van der Waals surface area contributed by atoms with E-state index in [0.717, 1.165) is 16.8 Å². The molecule has 2 aromatic carbocycles. The Hall–Kier alpha value is -2.43. The smallest absolute Gasteiger partial charge is 0.257 e. The third-order valence-electron chi connectivity index (χ3n) is 6.15. The van der Waals surface area contributed by atoms with Crippen LogP contribution in [0.2, 0.25) is 0 Å². The van der Waals surface area contributed by atoms with Crippen LogP contribution in [0.1, 0.15) is 52.5 Å². The van der Waals surface area contributed by atoms with E-state index in [1.165, 1.54) is 24.3 Å². The van der Waals surface area contributed by atoms with E-state index in [1.807, 2.05) is 51.1 Å². The second kappa shape index (κ2) is 12.2. The summed E-state index contributed by atoms with van der Waals surface area (Å²) in [5.74, 6) is -0.703. The molecule has 0 fully saturated rings. The van der Waals surface area contributed by atoms with Crippen molar-refractivity contribution in [3.8, 4) is 0 Å². The Morgan fingerprint density at radius 1 is 1.03 bits per heavy atom. The molecule has 0 heterocycles. The van der Waals surface area contributed by atoms with Crippen molar-refractivity contribution in [3.63, 3.8) is 0 Å². The highest BCUT2D eigenvalue weighted by molar-refractivity contribution is 7.90. The van der Waals surface area contributed by atoms with Crippen molar-refractivity contribution >= 4 is 31.5 Å². The molecule has 0 aromatic heterocycles. The molecule has 0 saturated carbocycles. The first-order chi connectivity index (χ1) is 16.7. The van der Waals surface area contributed by atoms with Gasteiger partial charge in [0.1, 0.15) is 9.84 Å². The zero-order valence-corrected chi connectivity index (χ0v) is 23.4. The van der Waals surface area contributed by atoms with Gasteiger partial charge in [0.2, 0.25) is 5.91 Å². The van der Waals surface area contributed by atoms with Gasteiger partial charge in [0, 0.05) is 11.9 Å². The van der Waals surface area contributed by atoms with Gasteiger partial charge in [0.15, 0.2) is 0 Å². The molecular weight excluding hydrogens is 498 g/mol. The monoisotopic (exact) mass is 537 g/mol. The summed E-state index contributed by atoms with van der Waals surface area (Å²) in [7, 11) is -7.69. The first-order valence-corrected chi connectivity index (χ1v) is 15.6. The fourth-order valence-electron chi connectivity index (χ4n) is 4.13.